The van der Waals surface area contributed by atoms with Crippen LogP contribution in [0.3, 0.4) is 0 Å². The minimum Gasteiger partial charge on any atom is -0.368 e. The molecule has 150 valence electrons. The van der Waals surface area contributed by atoms with Crippen LogP contribution in [0, 0.1) is 6.92 Å². The van der Waals surface area contributed by atoms with Crippen molar-refractivity contribution in [1.82, 2.24) is 14.5 Å². The van der Waals surface area contributed by atoms with Crippen molar-refractivity contribution in [2.45, 2.75) is 13.8 Å². The number of nitrogens with zero attached hydrogens (tertiary/aromatic N) is 4. The number of aryl methyl sites for hydroxylation is 1. The first-order valence-electron chi connectivity index (χ1n) is 9.67. The molecule has 3 heterocycles. The second kappa shape index (κ2) is 7.83. The van der Waals surface area contributed by atoms with Crippen molar-refractivity contribution in [2.24, 2.45) is 7.05 Å². The fourth-order valence-corrected chi connectivity index (χ4v) is 4.41. The van der Waals surface area contributed by atoms with Gasteiger partial charge in [0.2, 0.25) is 0 Å². The van der Waals surface area contributed by atoms with Gasteiger partial charge in [0.1, 0.15) is 10.7 Å². The number of ketones is 1. The SMILES string of the molecule is CC(=O)c1ccc(N2CCN(C(=O)c3csc(-c4ccc(C)n4C)n3)CC2)cc1. The second-order valence-corrected chi connectivity index (χ2v) is 8.20. The lowest BCUT2D eigenvalue weighted by Gasteiger charge is -2.35. The van der Waals surface area contributed by atoms with Crippen molar-refractivity contribution < 1.29 is 9.59 Å². The fraction of sp³-hybridized carbons (Fsp3) is 0.318. The van der Waals surface area contributed by atoms with Gasteiger partial charge in [0.05, 0.1) is 5.69 Å². The summed E-state index contributed by atoms with van der Waals surface area (Å²) in [5.41, 5.74) is 4.51. The molecular formula is C22H24N4O2S. The average Bonchev–Trinajstić information content (AvgIpc) is 3.35. The molecule has 1 fully saturated rings. The Labute approximate surface area is 174 Å². The van der Waals surface area contributed by atoms with Crippen LogP contribution in [-0.2, 0) is 7.05 Å². The fourth-order valence-electron chi connectivity index (χ4n) is 3.55. The number of benzene rings is 1. The number of anilines is 1. The first-order valence-corrected chi connectivity index (χ1v) is 10.6. The van der Waals surface area contributed by atoms with Gasteiger partial charge in [-0.05, 0) is 50.2 Å². The van der Waals surface area contributed by atoms with E-state index in [0.29, 0.717) is 18.8 Å². The Bertz CT molecular complexity index is 1040. The molecular weight excluding hydrogens is 384 g/mol. The molecule has 0 N–H and O–H groups in total. The maximum absolute atomic E-state index is 12.9. The summed E-state index contributed by atoms with van der Waals surface area (Å²) in [6, 6.07) is 11.8. The lowest BCUT2D eigenvalue weighted by atomic mass is 10.1. The van der Waals surface area contributed by atoms with Gasteiger partial charge in [0.15, 0.2) is 5.78 Å². The van der Waals surface area contributed by atoms with E-state index in [0.717, 1.165) is 40.7 Å². The molecule has 29 heavy (non-hydrogen) atoms. The zero-order chi connectivity index (χ0) is 20.5. The third-order valence-electron chi connectivity index (χ3n) is 5.52. The number of hydrogen-bond acceptors (Lipinski definition) is 5. The van der Waals surface area contributed by atoms with Crippen LogP contribution in [0.4, 0.5) is 5.69 Å². The smallest absolute Gasteiger partial charge is 0.273 e. The molecule has 0 bridgehead atoms. The van der Waals surface area contributed by atoms with Crippen LogP contribution >= 0.6 is 11.3 Å². The predicted octanol–water partition coefficient (Wildman–Crippen LogP) is 3.62. The Hall–Kier alpha value is -2.93. The summed E-state index contributed by atoms with van der Waals surface area (Å²) in [4.78, 5) is 33.0. The van der Waals surface area contributed by atoms with Crippen LogP contribution in [0.15, 0.2) is 41.8 Å². The molecule has 3 aromatic rings. The molecule has 4 rings (SSSR count). The summed E-state index contributed by atoms with van der Waals surface area (Å²) in [6.07, 6.45) is 0. The molecule has 6 nitrogen and oxygen atoms in total. The van der Waals surface area contributed by atoms with Crippen molar-refractivity contribution >= 4 is 28.7 Å². The lowest BCUT2D eigenvalue weighted by molar-refractivity contribution is 0.0741. The number of Topliss-reactive ketones (excluding diaryl/α,β-unsaturated/α-hetero) is 1. The third-order valence-corrected chi connectivity index (χ3v) is 6.39. The summed E-state index contributed by atoms with van der Waals surface area (Å²) >= 11 is 1.51. The van der Waals surface area contributed by atoms with E-state index in [1.165, 1.54) is 11.3 Å². The van der Waals surface area contributed by atoms with Gasteiger partial charge >= 0.3 is 0 Å². The molecule has 7 heteroatoms. The van der Waals surface area contributed by atoms with Crippen molar-refractivity contribution in [1.29, 1.82) is 0 Å². The first kappa shape index (κ1) is 19.4. The zero-order valence-corrected chi connectivity index (χ0v) is 17.7. The number of piperazine rings is 1. The Morgan fingerprint density at radius 3 is 2.28 bits per heavy atom. The van der Waals surface area contributed by atoms with Gasteiger partial charge < -0.3 is 14.4 Å². The Morgan fingerprint density at radius 1 is 1.00 bits per heavy atom. The molecule has 1 aliphatic rings. The number of carbonyl (C=O) groups is 2. The van der Waals surface area contributed by atoms with Crippen LogP contribution < -0.4 is 4.90 Å². The molecule has 0 unspecified atom stereocenters. The minimum atomic E-state index is -0.00925. The molecule has 0 spiro atoms. The topological polar surface area (TPSA) is 58.4 Å². The normalized spacial score (nSPS) is 14.3. The number of aromatic nitrogens is 2. The van der Waals surface area contributed by atoms with Crippen molar-refractivity contribution in [2.75, 3.05) is 31.1 Å². The quantitative estimate of drug-likeness (QED) is 0.619. The zero-order valence-electron chi connectivity index (χ0n) is 16.9. The number of carbonyl (C=O) groups excluding carboxylic acids is 2. The molecule has 0 atom stereocenters. The van der Waals surface area contributed by atoms with Gasteiger partial charge in [-0.1, -0.05) is 0 Å². The number of amides is 1. The molecule has 1 aliphatic heterocycles. The highest BCUT2D eigenvalue weighted by atomic mass is 32.1. The van der Waals surface area contributed by atoms with Gasteiger partial charge in [-0.2, -0.15) is 0 Å². The van der Waals surface area contributed by atoms with Crippen molar-refractivity contribution in [3.63, 3.8) is 0 Å². The molecule has 1 saturated heterocycles. The van der Waals surface area contributed by atoms with E-state index < -0.39 is 0 Å². The van der Waals surface area contributed by atoms with E-state index in [1.54, 1.807) is 6.92 Å². The molecule has 1 amide bonds. The molecule has 2 aromatic heterocycles. The van der Waals surface area contributed by atoms with Gasteiger partial charge in [0, 0.05) is 55.6 Å². The van der Waals surface area contributed by atoms with Crippen LogP contribution in [0.5, 0.6) is 0 Å². The highest BCUT2D eigenvalue weighted by Gasteiger charge is 2.24. The van der Waals surface area contributed by atoms with E-state index in [-0.39, 0.29) is 11.7 Å². The summed E-state index contributed by atoms with van der Waals surface area (Å²) in [7, 11) is 2.01. The molecule has 0 radical (unpaired) electrons. The summed E-state index contributed by atoms with van der Waals surface area (Å²) in [5, 5.41) is 2.72. The number of rotatable bonds is 4. The summed E-state index contributed by atoms with van der Waals surface area (Å²) < 4.78 is 2.09. The third kappa shape index (κ3) is 3.82. The van der Waals surface area contributed by atoms with Gasteiger partial charge in [-0.15, -0.1) is 11.3 Å². The van der Waals surface area contributed by atoms with Crippen LogP contribution in [-0.4, -0.2) is 52.3 Å². The van der Waals surface area contributed by atoms with Gasteiger partial charge in [-0.3, -0.25) is 9.59 Å². The lowest BCUT2D eigenvalue weighted by Crippen LogP contribution is -2.48. The van der Waals surface area contributed by atoms with Crippen LogP contribution in [0.1, 0.15) is 33.5 Å². The van der Waals surface area contributed by atoms with E-state index >= 15 is 0 Å². The number of thiazole rings is 1. The summed E-state index contributed by atoms with van der Waals surface area (Å²) in [6.45, 7) is 6.46. The number of hydrogen-bond donors (Lipinski definition) is 0. The monoisotopic (exact) mass is 408 g/mol. The van der Waals surface area contributed by atoms with E-state index in [1.807, 2.05) is 47.7 Å². The Morgan fingerprint density at radius 2 is 1.69 bits per heavy atom. The predicted molar refractivity (Wildman–Crippen MR) is 116 cm³/mol. The highest BCUT2D eigenvalue weighted by molar-refractivity contribution is 7.13. The average molecular weight is 409 g/mol. The molecule has 0 aliphatic carbocycles. The van der Waals surface area contributed by atoms with Gasteiger partial charge in [-0.25, -0.2) is 4.98 Å². The first-order chi connectivity index (χ1) is 13.9. The van der Waals surface area contributed by atoms with E-state index in [9.17, 15) is 9.59 Å². The maximum Gasteiger partial charge on any atom is 0.273 e. The Balaban J connectivity index is 1.40. The standard InChI is InChI=1S/C22H24N4O2S/c1-15-4-9-20(24(15)3)21-23-19(14-29-21)22(28)26-12-10-25(11-13-26)18-7-5-17(6-8-18)16(2)27/h4-9,14H,10-13H2,1-3H3. The molecule has 0 saturated carbocycles. The van der Waals surface area contributed by atoms with Gasteiger partial charge in [0.25, 0.3) is 5.91 Å². The van der Waals surface area contributed by atoms with E-state index in [2.05, 4.69) is 27.4 Å². The van der Waals surface area contributed by atoms with Crippen LogP contribution in [0.25, 0.3) is 10.7 Å². The van der Waals surface area contributed by atoms with Crippen molar-refractivity contribution in [3.8, 4) is 10.7 Å². The van der Waals surface area contributed by atoms with Crippen LogP contribution in [0.2, 0.25) is 0 Å². The largest absolute Gasteiger partial charge is 0.368 e. The maximum atomic E-state index is 12.9. The summed E-state index contributed by atoms with van der Waals surface area (Å²) in [5.74, 6) is 0.0603. The molecule has 1 aromatic carbocycles. The second-order valence-electron chi connectivity index (χ2n) is 7.34. The minimum absolute atomic E-state index is 0.00925. The highest BCUT2D eigenvalue weighted by Crippen LogP contribution is 2.26. The Kier molecular flexibility index (Phi) is 5.24. The van der Waals surface area contributed by atoms with Crippen molar-refractivity contribution in [3.05, 3.63) is 58.7 Å². The van der Waals surface area contributed by atoms with E-state index in [4.69, 9.17) is 0 Å².